The lowest BCUT2D eigenvalue weighted by atomic mass is 9.85. The van der Waals surface area contributed by atoms with Gasteiger partial charge >= 0.3 is 19.8 Å². The fraction of sp³-hybridized carbons (Fsp3) is 0.755. The summed E-state index contributed by atoms with van der Waals surface area (Å²) in [7, 11) is -5.14. The standard InChI is InChI=1S/C49H85O13P/c1-3-5-7-9-11-13-15-17-19-20-21-22-24-25-27-29-31-33-35-37-42(50)59-39-41(40-60-63(57,58)62-49-47(55)45(53)44(52)46(54)48(49)56)61-43(51)38-36-34-32-30-28-26-23-18-16-14-12-10-8-6-4-2/h11,13,17,19,21-22,25,27,31,33,41,44-49,52-56H,3-10,12,14-16,18,20,23-24,26,28-30,32,34-40H2,1-2H3,(H,57,58)/t41-,44?,45-,46?,47?,48?,49?/m1/s1. The van der Waals surface area contributed by atoms with Crippen molar-refractivity contribution in [3.05, 3.63) is 60.8 Å². The SMILES string of the molecule is CCCCCC=CCC=CCC=CCC=CCC=CCCC(=O)OC[C@H](COP(=O)(O)OC1C(O)C(O)C(O)[C@@H](O)C1O)OC(=O)CCCCCCCCCCCCCCCCC. The Balaban J connectivity index is 2.49. The number of phosphoric acid groups is 1. The zero-order valence-corrected chi connectivity index (χ0v) is 39.5. The van der Waals surface area contributed by atoms with Gasteiger partial charge < -0.3 is 39.9 Å². The maximum Gasteiger partial charge on any atom is 0.472 e. The Morgan fingerprint density at radius 1 is 0.492 bits per heavy atom. The summed E-state index contributed by atoms with van der Waals surface area (Å²) in [6.45, 7) is 3.21. The molecule has 8 atom stereocenters. The number of aliphatic hydroxyl groups is 5. The first-order valence-electron chi connectivity index (χ1n) is 24.1. The van der Waals surface area contributed by atoms with Crippen LogP contribution in [0.2, 0.25) is 0 Å². The zero-order valence-electron chi connectivity index (χ0n) is 38.6. The van der Waals surface area contributed by atoms with Crippen molar-refractivity contribution in [3.8, 4) is 0 Å². The average molecular weight is 913 g/mol. The van der Waals surface area contributed by atoms with Crippen molar-refractivity contribution < 1.29 is 63.1 Å². The number of hydrogen-bond acceptors (Lipinski definition) is 12. The topological polar surface area (TPSA) is 210 Å². The lowest BCUT2D eigenvalue weighted by Crippen LogP contribution is -2.64. The van der Waals surface area contributed by atoms with E-state index in [0.29, 0.717) is 19.3 Å². The molecule has 13 nitrogen and oxygen atoms in total. The van der Waals surface area contributed by atoms with Crippen molar-refractivity contribution in [2.24, 2.45) is 0 Å². The molecule has 0 bridgehead atoms. The van der Waals surface area contributed by atoms with Crippen LogP contribution in [0.4, 0.5) is 0 Å². The zero-order chi connectivity index (χ0) is 46.4. The second kappa shape index (κ2) is 38.8. The highest BCUT2D eigenvalue weighted by Crippen LogP contribution is 2.47. The molecule has 0 heterocycles. The summed E-state index contributed by atoms with van der Waals surface area (Å²) >= 11 is 0. The smallest absolute Gasteiger partial charge is 0.462 e. The van der Waals surface area contributed by atoms with Crippen LogP contribution in [0.15, 0.2) is 60.8 Å². The summed E-state index contributed by atoms with van der Waals surface area (Å²) in [4.78, 5) is 35.7. The van der Waals surface area contributed by atoms with E-state index in [-0.39, 0.29) is 12.8 Å². The van der Waals surface area contributed by atoms with Gasteiger partial charge in [0.25, 0.3) is 0 Å². The second-order valence-electron chi connectivity index (χ2n) is 16.6. The molecule has 0 saturated heterocycles. The molecule has 1 aliphatic rings. The molecule has 0 aromatic rings. The van der Waals surface area contributed by atoms with Crippen LogP contribution < -0.4 is 0 Å². The first-order valence-corrected chi connectivity index (χ1v) is 25.6. The number of unbranched alkanes of at least 4 members (excludes halogenated alkanes) is 17. The fourth-order valence-electron chi connectivity index (χ4n) is 6.98. The van der Waals surface area contributed by atoms with Gasteiger partial charge in [0, 0.05) is 12.8 Å². The number of carbonyl (C=O) groups excluding carboxylic acids is 2. The maximum atomic E-state index is 12.8. The van der Waals surface area contributed by atoms with Gasteiger partial charge in [-0.2, -0.15) is 0 Å². The highest BCUT2D eigenvalue weighted by molar-refractivity contribution is 7.47. The van der Waals surface area contributed by atoms with Gasteiger partial charge in [-0.15, -0.1) is 0 Å². The number of esters is 2. The third-order valence-electron chi connectivity index (χ3n) is 10.9. The second-order valence-corrected chi connectivity index (χ2v) is 18.0. The Morgan fingerprint density at radius 3 is 1.37 bits per heavy atom. The number of ether oxygens (including phenoxy) is 2. The van der Waals surface area contributed by atoms with Crippen molar-refractivity contribution >= 4 is 19.8 Å². The van der Waals surface area contributed by atoms with Crippen LogP contribution in [-0.2, 0) is 32.7 Å². The van der Waals surface area contributed by atoms with E-state index in [2.05, 4.69) is 56.4 Å². The van der Waals surface area contributed by atoms with Crippen molar-refractivity contribution in [2.45, 2.75) is 224 Å². The molecule has 1 saturated carbocycles. The van der Waals surface area contributed by atoms with E-state index in [1.165, 1.54) is 83.5 Å². The predicted octanol–water partition coefficient (Wildman–Crippen LogP) is 9.73. The lowest BCUT2D eigenvalue weighted by molar-refractivity contribution is -0.220. The molecule has 6 N–H and O–H groups in total. The first-order chi connectivity index (χ1) is 30.4. The van der Waals surface area contributed by atoms with E-state index in [9.17, 15) is 44.6 Å². The Morgan fingerprint density at radius 2 is 0.889 bits per heavy atom. The Labute approximate surface area is 379 Å². The van der Waals surface area contributed by atoms with Gasteiger partial charge in [-0.25, -0.2) is 4.57 Å². The predicted molar refractivity (Wildman–Crippen MR) is 249 cm³/mol. The van der Waals surface area contributed by atoms with Gasteiger partial charge in [-0.05, 0) is 51.4 Å². The van der Waals surface area contributed by atoms with Crippen molar-refractivity contribution in [3.63, 3.8) is 0 Å². The van der Waals surface area contributed by atoms with Gasteiger partial charge in [0.15, 0.2) is 6.10 Å². The fourth-order valence-corrected chi connectivity index (χ4v) is 7.95. The van der Waals surface area contributed by atoms with Gasteiger partial charge in [-0.3, -0.25) is 18.6 Å². The van der Waals surface area contributed by atoms with Crippen LogP contribution in [0.1, 0.15) is 181 Å². The van der Waals surface area contributed by atoms with E-state index < -0.39 is 75.7 Å². The van der Waals surface area contributed by atoms with E-state index in [0.717, 1.165) is 51.4 Å². The Bertz CT molecular complexity index is 1330. The molecule has 0 aromatic heterocycles. The number of hydrogen-bond donors (Lipinski definition) is 6. The first kappa shape index (κ1) is 58.6. The molecule has 1 aliphatic carbocycles. The maximum absolute atomic E-state index is 12.8. The summed E-state index contributed by atoms with van der Waals surface area (Å²) < 4.78 is 33.5. The third-order valence-corrected chi connectivity index (χ3v) is 11.9. The monoisotopic (exact) mass is 913 g/mol. The van der Waals surface area contributed by atoms with Crippen LogP contribution >= 0.6 is 7.82 Å². The van der Waals surface area contributed by atoms with E-state index in [4.69, 9.17) is 18.5 Å². The van der Waals surface area contributed by atoms with Gasteiger partial charge in [0.05, 0.1) is 6.61 Å². The van der Waals surface area contributed by atoms with Crippen LogP contribution in [0.3, 0.4) is 0 Å². The normalized spacial score (nSPS) is 22.2. The highest BCUT2D eigenvalue weighted by Gasteiger charge is 2.51. The molecule has 1 rings (SSSR count). The largest absolute Gasteiger partial charge is 0.472 e. The van der Waals surface area contributed by atoms with Crippen molar-refractivity contribution in [1.82, 2.24) is 0 Å². The van der Waals surface area contributed by atoms with Crippen LogP contribution in [-0.4, -0.2) is 98.3 Å². The third kappa shape index (κ3) is 31.2. The van der Waals surface area contributed by atoms with Crippen LogP contribution in [0.25, 0.3) is 0 Å². The number of aliphatic hydroxyl groups excluding tert-OH is 5. The minimum absolute atomic E-state index is 0.0430. The molecule has 0 spiro atoms. The molecule has 0 radical (unpaired) electrons. The van der Waals surface area contributed by atoms with Gasteiger partial charge in [-0.1, -0.05) is 177 Å². The summed E-state index contributed by atoms with van der Waals surface area (Å²) in [5, 5.41) is 50.2. The molecule has 14 heteroatoms. The minimum atomic E-state index is -5.14. The molecule has 63 heavy (non-hydrogen) atoms. The number of carbonyl (C=O) groups is 2. The summed E-state index contributed by atoms with van der Waals surface area (Å²) in [5.41, 5.74) is 0. The van der Waals surface area contributed by atoms with E-state index in [1.807, 2.05) is 18.2 Å². The van der Waals surface area contributed by atoms with Gasteiger partial charge in [0.1, 0.15) is 43.2 Å². The van der Waals surface area contributed by atoms with E-state index in [1.54, 1.807) is 0 Å². The molecular weight excluding hydrogens is 827 g/mol. The van der Waals surface area contributed by atoms with Crippen LogP contribution in [0, 0.1) is 0 Å². The minimum Gasteiger partial charge on any atom is -0.462 e. The molecular formula is C49H85O13P. The summed E-state index contributed by atoms with van der Waals surface area (Å²) in [6, 6.07) is 0. The average Bonchev–Trinajstić information content (AvgIpc) is 3.26. The summed E-state index contributed by atoms with van der Waals surface area (Å²) in [5.74, 6) is -1.19. The molecule has 364 valence electrons. The molecule has 1 fully saturated rings. The quantitative estimate of drug-likeness (QED) is 0.0147. The van der Waals surface area contributed by atoms with E-state index >= 15 is 0 Å². The Hall–Kier alpha value is -2.45. The lowest BCUT2D eigenvalue weighted by Gasteiger charge is -2.41. The van der Waals surface area contributed by atoms with Gasteiger partial charge in [0.2, 0.25) is 0 Å². The molecule has 0 aliphatic heterocycles. The molecule has 0 aromatic carbocycles. The highest BCUT2D eigenvalue weighted by atomic mass is 31.2. The van der Waals surface area contributed by atoms with Crippen LogP contribution in [0.5, 0.6) is 0 Å². The molecule has 0 amide bonds. The number of allylic oxidation sites excluding steroid dienone is 10. The Kier molecular flexibility index (Phi) is 36.1. The number of rotatable bonds is 39. The number of phosphoric ester groups is 1. The van der Waals surface area contributed by atoms with Crippen molar-refractivity contribution in [1.29, 1.82) is 0 Å². The summed E-state index contributed by atoms with van der Waals surface area (Å²) in [6.07, 6.45) is 34.2. The van der Waals surface area contributed by atoms with Crippen molar-refractivity contribution in [2.75, 3.05) is 13.2 Å². The molecule has 6 unspecified atom stereocenters.